The van der Waals surface area contributed by atoms with Gasteiger partial charge in [0, 0.05) is 13.0 Å². The molecule has 1 N–H and O–H groups in total. The van der Waals surface area contributed by atoms with Crippen molar-refractivity contribution in [1.82, 2.24) is 15.1 Å². The van der Waals surface area contributed by atoms with E-state index in [1.54, 1.807) is 17.2 Å². The highest BCUT2D eigenvalue weighted by molar-refractivity contribution is 7.15. The van der Waals surface area contributed by atoms with Gasteiger partial charge in [0.2, 0.25) is 16.9 Å². The minimum Gasteiger partial charge on any atom is -0.467 e. The Morgan fingerprint density at radius 1 is 1.57 bits per heavy atom. The third-order valence-electron chi connectivity index (χ3n) is 3.27. The highest BCUT2D eigenvalue weighted by Crippen LogP contribution is 2.23. The standard InChI is InChI=1S/C13H14N4O3S/c1-8-15-16-13(21-8)14-12(19)9-5-11(18)17(6-9)7-10-3-2-4-20-10/h2-4,9H,5-7H2,1H3,(H,14,16,19)/t9-/m0/s1. The van der Waals surface area contributed by atoms with Crippen molar-refractivity contribution in [3.05, 3.63) is 29.2 Å². The molecule has 1 aliphatic heterocycles. The Balaban J connectivity index is 1.59. The molecule has 0 bridgehead atoms. The highest BCUT2D eigenvalue weighted by Gasteiger charge is 2.34. The Bertz CT molecular complexity index is 652. The first-order valence-corrected chi connectivity index (χ1v) is 7.34. The van der Waals surface area contributed by atoms with E-state index in [-0.39, 0.29) is 24.2 Å². The second kappa shape index (κ2) is 5.65. The maximum atomic E-state index is 12.1. The molecule has 0 aromatic carbocycles. The maximum absolute atomic E-state index is 12.1. The van der Waals surface area contributed by atoms with Crippen molar-refractivity contribution in [3.63, 3.8) is 0 Å². The fourth-order valence-corrected chi connectivity index (χ4v) is 2.84. The van der Waals surface area contributed by atoms with Crippen LogP contribution in [-0.4, -0.2) is 33.5 Å². The summed E-state index contributed by atoms with van der Waals surface area (Å²) in [6.07, 6.45) is 1.78. The van der Waals surface area contributed by atoms with Crippen molar-refractivity contribution in [2.45, 2.75) is 19.9 Å². The quantitative estimate of drug-likeness (QED) is 0.923. The van der Waals surface area contributed by atoms with Crippen LogP contribution in [0.5, 0.6) is 0 Å². The zero-order valence-corrected chi connectivity index (χ0v) is 12.2. The Morgan fingerprint density at radius 3 is 3.10 bits per heavy atom. The molecule has 0 spiro atoms. The highest BCUT2D eigenvalue weighted by atomic mass is 32.1. The number of amides is 2. The Hall–Kier alpha value is -2.22. The van der Waals surface area contributed by atoms with Crippen LogP contribution in [0.25, 0.3) is 0 Å². The SMILES string of the molecule is Cc1nnc(NC(=O)[C@H]2CC(=O)N(Cc3ccco3)C2)s1. The van der Waals surface area contributed by atoms with E-state index in [2.05, 4.69) is 15.5 Å². The average molecular weight is 306 g/mol. The molecule has 8 heteroatoms. The van der Waals surface area contributed by atoms with E-state index in [1.165, 1.54) is 11.3 Å². The molecule has 7 nitrogen and oxygen atoms in total. The van der Waals surface area contributed by atoms with Gasteiger partial charge in [0.1, 0.15) is 10.8 Å². The van der Waals surface area contributed by atoms with E-state index < -0.39 is 0 Å². The summed E-state index contributed by atoms with van der Waals surface area (Å²) in [7, 11) is 0. The number of hydrogen-bond acceptors (Lipinski definition) is 6. The van der Waals surface area contributed by atoms with Gasteiger partial charge < -0.3 is 14.6 Å². The van der Waals surface area contributed by atoms with E-state index in [0.29, 0.717) is 24.0 Å². The molecule has 21 heavy (non-hydrogen) atoms. The smallest absolute Gasteiger partial charge is 0.231 e. The number of anilines is 1. The lowest BCUT2D eigenvalue weighted by Gasteiger charge is -2.14. The second-order valence-corrected chi connectivity index (χ2v) is 6.05. The molecular weight excluding hydrogens is 292 g/mol. The molecule has 1 saturated heterocycles. The topological polar surface area (TPSA) is 88.3 Å². The van der Waals surface area contributed by atoms with Gasteiger partial charge >= 0.3 is 0 Å². The normalized spacial score (nSPS) is 18.2. The third kappa shape index (κ3) is 3.10. The maximum Gasteiger partial charge on any atom is 0.231 e. The number of nitrogens with zero attached hydrogens (tertiary/aromatic N) is 3. The van der Waals surface area contributed by atoms with Gasteiger partial charge in [0.25, 0.3) is 0 Å². The molecule has 1 atom stereocenters. The number of hydrogen-bond donors (Lipinski definition) is 1. The van der Waals surface area contributed by atoms with Crippen LogP contribution >= 0.6 is 11.3 Å². The first kappa shape index (κ1) is 13.7. The summed E-state index contributed by atoms with van der Waals surface area (Å²) in [5, 5.41) is 11.6. The van der Waals surface area contributed by atoms with Crippen molar-refractivity contribution < 1.29 is 14.0 Å². The lowest BCUT2D eigenvalue weighted by atomic mass is 10.1. The third-order valence-corrected chi connectivity index (χ3v) is 4.02. The first-order valence-electron chi connectivity index (χ1n) is 6.53. The summed E-state index contributed by atoms with van der Waals surface area (Å²) in [6.45, 7) is 2.61. The van der Waals surface area contributed by atoms with Crippen LogP contribution < -0.4 is 5.32 Å². The van der Waals surface area contributed by atoms with Gasteiger partial charge in [-0.25, -0.2) is 0 Å². The fraction of sp³-hybridized carbons (Fsp3) is 0.385. The largest absolute Gasteiger partial charge is 0.467 e. The molecular formula is C13H14N4O3S. The zero-order chi connectivity index (χ0) is 14.8. The van der Waals surface area contributed by atoms with Gasteiger partial charge in [-0.2, -0.15) is 0 Å². The summed E-state index contributed by atoms with van der Waals surface area (Å²) in [5.74, 6) is 0.113. The number of aryl methyl sites for hydroxylation is 1. The van der Waals surface area contributed by atoms with Crippen molar-refractivity contribution >= 4 is 28.3 Å². The molecule has 0 radical (unpaired) electrons. The van der Waals surface area contributed by atoms with Crippen LogP contribution in [-0.2, 0) is 16.1 Å². The van der Waals surface area contributed by atoms with Crippen molar-refractivity contribution in [2.24, 2.45) is 5.92 Å². The van der Waals surface area contributed by atoms with Gasteiger partial charge in [-0.15, -0.1) is 10.2 Å². The minimum atomic E-state index is -0.364. The molecule has 3 rings (SSSR count). The van der Waals surface area contributed by atoms with E-state index in [4.69, 9.17) is 4.42 Å². The van der Waals surface area contributed by atoms with Crippen LogP contribution in [0.2, 0.25) is 0 Å². The molecule has 110 valence electrons. The molecule has 3 heterocycles. The lowest BCUT2D eigenvalue weighted by Crippen LogP contribution is -2.27. The number of rotatable bonds is 4. The number of aromatic nitrogens is 2. The number of carbonyl (C=O) groups excluding carboxylic acids is 2. The number of nitrogens with one attached hydrogen (secondary N) is 1. The minimum absolute atomic E-state index is 0.0417. The molecule has 2 aromatic heterocycles. The molecule has 1 fully saturated rings. The lowest BCUT2D eigenvalue weighted by molar-refractivity contribution is -0.128. The average Bonchev–Trinajstić information content (AvgIpc) is 3.15. The second-order valence-electron chi connectivity index (χ2n) is 4.87. The number of likely N-dealkylation sites (tertiary alicyclic amines) is 1. The van der Waals surface area contributed by atoms with Crippen LogP contribution in [0, 0.1) is 12.8 Å². The monoisotopic (exact) mass is 306 g/mol. The van der Waals surface area contributed by atoms with Gasteiger partial charge in [0.05, 0.1) is 18.7 Å². The summed E-state index contributed by atoms with van der Waals surface area (Å²) < 4.78 is 5.23. The Morgan fingerprint density at radius 2 is 2.43 bits per heavy atom. The fourth-order valence-electron chi connectivity index (χ4n) is 2.25. The van der Waals surface area contributed by atoms with E-state index in [9.17, 15) is 9.59 Å². The van der Waals surface area contributed by atoms with Gasteiger partial charge in [-0.05, 0) is 19.1 Å². The Labute approximate surface area is 125 Å². The van der Waals surface area contributed by atoms with E-state index >= 15 is 0 Å². The van der Waals surface area contributed by atoms with Gasteiger partial charge in [0.15, 0.2) is 0 Å². The summed E-state index contributed by atoms with van der Waals surface area (Å²) >= 11 is 1.31. The molecule has 0 saturated carbocycles. The number of carbonyl (C=O) groups is 2. The molecule has 1 aliphatic rings. The van der Waals surface area contributed by atoms with E-state index in [1.807, 2.05) is 13.0 Å². The first-order chi connectivity index (χ1) is 10.1. The van der Waals surface area contributed by atoms with Crippen molar-refractivity contribution in [1.29, 1.82) is 0 Å². The van der Waals surface area contributed by atoms with Crippen LogP contribution in [0.3, 0.4) is 0 Å². The zero-order valence-electron chi connectivity index (χ0n) is 11.4. The van der Waals surface area contributed by atoms with Gasteiger partial charge in [-0.1, -0.05) is 11.3 Å². The van der Waals surface area contributed by atoms with Crippen LogP contribution in [0.15, 0.2) is 22.8 Å². The van der Waals surface area contributed by atoms with Crippen molar-refractivity contribution in [2.75, 3.05) is 11.9 Å². The number of furan rings is 1. The predicted octanol–water partition coefficient (Wildman–Crippen LogP) is 1.43. The molecule has 0 aliphatic carbocycles. The van der Waals surface area contributed by atoms with Crippen LogP contribution in [0.1, 0.15) is 17.2 Å². The Kier molecular flexibility index (Phi) is 3.70. The molecule has 2 aromatic rings. The van der Waals surface area contributed by atoms with Crippen LogP contribution in [0.4, 0.5) is 5.13 Å². The summed E-state index contributed by atoms with van der Waals surface area (Å²) in [6, 6.07) is 3.59. The predicted molar refractivity (Wildman–Crippen MR) is 75.5 cm³/mol. The van der Waals surface area contributed by atoms with Gasteiger partial charge in [-0.3, -0.25) is 9.59 Å². The van der Waals surface area contributed by atoms with Crippen molar-refractivity contribution in [3.8, 4) is 0 Å². The summed E-state index contributed by atoms with van der Waals surface area (Å²) in [5.41, 5.74) is 0. The molecule has 0 unspecified atom stereocenters. The molecule has 2 amide bonds. The van der Waals surface area contributed by atoms with E-state index in [0.717, 1.165) is 5.01 Å². The summed E-state index contributed by atoms with van der Waals surface area (Å²) in [4.78, 5) is 25.7.